The molecule has 1 N–H and O–H groups in total. The van der Waals surface area contributed by atoms with Gasteiger partial charge in [-0.3, -0.25) is 9.69 Å². The van der Waals surface area contributed by atoms with Gasteiger partial charge < -0.3 is 10.0 Å². The third kappa shape index (κ3) is 1.82. The molecule has 3 heterocycles. The standard InChI is InChI=1S/C21H28N2O2/c1-15(25)23-17-6-3-2-5-16(17)21-10-13-22-12-4-8-20(11-14-24,19(21)22)9-7-18(21)23/h2-3,5-6,18-19,24H,4,7-14H2,1H3/t18?,19-,20-,21-/m1/s1. The Kier molecular flexibility index (Phi) is 3.36. The van der Waals surface area contributed by atoms with Gasteiger partial charge >= 0.3 is 0 Å². The molecule has 1 unspecified atom stereocenters. The van der Waals surface area contributed by atoms with Crippen molar-refractivity contribution in [3.05, 3.63) is 29.8 Å². The largest absolute Gasteiger partial charge is 0.396 e. The number of fused-ring (bicyclic) bond motifs is 1. The highest BCUT2D eigenvalue weighted by Gasteiger charge is 2.68. The molecule has 1 spiro atoms. The maximum absolute atomic E-state index is 12.6. The number of para-hydroxylation sites is 1. The fourth-order valence-electron chi connectivity index (χ4n) is 7.22. The number of amides is 1. The van der Waals surface area contributed by atoms with Crippen LogP contribution in [-0.4, -0.2) is 47.7 Å². The molecule has 4 nitrogen and oxygen atoms in total. The highest BCUT2D eigenvalue weighted by Crippen LogP contribution is 2.65. The zero-order valence-electron chi connectivity index (χ0n) is 15.1. The van der Waals surface area contributed by atoms with Crippen LogP contribution in [0.4, 0.5) is 5.69 Å². The minimum atomic E-state index is 0.0656. The van der Waals surface area contributed by atoms with Crippen molar-refractivity contribution < 1.29 is 9.90 Å². The van der Waals surface area contributed by atoms with Gasteiger partial charge in [0.25, 0.3) is 0 Å². The van der Waals surface area contributed by atoms with Crippen LogP contribution in [0.1, 0.15) is 51.0 Å². The Balaban J connectivity index is 1.72. The van der Waals surface area contributed by atoms with E-state index in [-0.39, 0.29) is 23.3 Å². The van der Waals surface area contributed by atoms with E-state index < -0.39 is 0 Å². The summed E-state index contributed by atoms with van der Waals surface area (Å²) < 4.78 is 0. The van der Waals surface area contributed by atoms with E-state index in [1.165, 1.54) is 24.9 Å². The Morgan fingerprint density at radius 3 is 2.88 bits per heavy atom. The maximum atomic E-state index is 12.6. The number of hydrogen-bond acceptors (Lipinski definition) is 3. The number of hydrogen-bond donors (Lipinski definition) is 1. The van der Waals surface area contributed by atoms with Crippen LogP contribution in [0, 0.1) is 5.41 Å². The van der Waals surface area contributed by atoms with Crippen molar-refractivity contribution in [2.45, 2.75) is 62.9 Å². The zero-order chi connectivity index (χ0) is 17.2. The number of aliphatic hydroxyl groups is 1. The molecule has 4 atom stereocenters. The van der Waals surface area contributed by atoms with Crippen LogP contribution in [0.5, 0.6) is 0 Å². The number of anilines is 1. The van der Waals surface area contributed by atoms with Crippen molar-refractivity contribution in [1.29, 1.82) is 0 Å². The number of rotatable bonds is 2. The first-order chi connectivity index (χ1) is 12.1. The molecule has 4 heteroatoms. The summed E-state index contributed by atoms with van der Waals surface area (Å²) in [5.41, 5.74) is 2.83. The number of benzene rings is 1. The third-order valence-electron chi connectivity index (χ3n) is 7.80. The van der Waals surface area contributed by atoms with Crippen LogP contribution in [0.3, 0.4) is 0 Å². The summed E-state index contributed by atoms with van der Waals surface area (Å²) >= 11 is 0. The average Bonchev–Trinajstić information content (AvgIpc) is 3.14. The molecule has 0 radical (unpaired) electrons. The van der Waals surface area contributed by atoms with Gasteiger partial charge in [0.2, 0.25) is 5.91 Å². The zero-order valence-corrected chi connectivity index (χ0v) is 15.1. The van der Waals surface area contributed by atoms with Gasteiger partial charge in [0.15, 0.2) is 0 Å². The summed E-state index contributed by atoms with van der Waals surface area (Å²) in [6, 6.07) is 9.40. The molecule has 134 valence electrons. The van der Waals surface area contributed by atoms with Crippen molar-refractivity contribution in [3.63, 3.8) is 0 Å². The molecule has 1 aromatic carbocycles. The molecular weight excluding hydrogens is 312 g/mol. The molecule has 1 amide bonds. The Hall–Kier alpha value is -1.39. The number of aliphatic hydroxyl groups excluding tert-OH is 1. The smallest absolute Gasteiger partial charge is 0.224 e. The summed E-state index contributed by atoms with van der Waals surface area (Å²) in [7, 11) is 0. The Morgan fingerprint density at radius 1 is 1.24 bits per heavy atom. The predicted octanol–water partition coefficient (Wildman–Crippen LogP) is 2.69. The van der Waals surface area contributed by atoms with Crippen LogP contribution in [0.15, 0.2) is 24.3 Å². The molecule has 0 aromatic heterocycles. The monoisotopic (exact) mass is 340 g/mol. The Labute approximate surface area is 149 Å². The number of carbonyl (C=O) groups is 1. The van der Waals surface area contributed by atoms with Crippen LogP contribution in [0.25, 0.3) is 0 Å². The summed E-state index contributed by atoms with van der Waals surface area (Å²) in [6.45, 7) is 4.31. The van der Waals surface area contributed by atoms with Crippen molar-refractivity contribution in [3.8, 4) is 0 Å². The van der Waals surface area contributed by atoms with E-state index >= 15 is 0 Å². The van der Waals surface area contributed by atoms with E-state index in [1.807, 2.05) is 0 Å². The molecule has 5 rings (SSSR count). The number of carbonyl (C=O) groups excluding carboxylic acids is 1. The summed E-state index contributed by atoms with van der Waals surface area (Å²) in [4.78, 5) is 17.4. The first-order valence-electron chi connectivity index (χ1n) is 9.88. The van der Waals surface area contributed by atoms with Crippen molar-refractivity contribution in [2.24, 2.45) is 5.41 Å². The van der Waals surface area contributed by atoms with Crippen LogP contribution in [0.2, 0.25) is 0 Å². The maximum Gasteiger partial charge on any atom is 0.224 e. The third-order valence-corrected chi connectivity index (χ3v) is 7.80. The second-order valence-corrected chi connectivity index (χ2v) is 8.63. The van der Waals surface area contributed by atoms with Crippen LogP contribution < -0.4 is 4.90 Å². The van der Waals surface area contributed by atoms with E-state index in [4.69, 9.17) is 0 Å². The van der Waals surface area contributed by atoms with Crippen LogP contribution in [-0.2, 0) is 10.2 Å². The number of nitrogens with zero attached hydrogens (tertiary/aromatic N) is 2. The fourth-order valence-corrected chi connectivity index (χ4v) is 7.22. The van der Waals surface area contributed by atoms with Crippen molar-refractivity contribution >= 4 is 11.6 Å². The van der Waals surface area contributed by atoms with E-state index in [1.54, 1.807) is 6.92 Å². The summed E-state index contributed by atoms with van der Waals surface area (Å²) in [5, 5.41) is 9.84. The van der Waals surface area contributed by atoms with Crippen molar-refractivity contribution in [2.75, 3.05) is 24.6 Å². The van der Waals surface area contributed by atoms with Gasteiger partial charge in [-0.15, -0.1) is 0 Å². The Morgan fingerprint density at radius 2 is 2.08 bits per heavy atom. The Bertz CT molecular complexity index is 716. The lowest BCUT2D eigenvalue weighted by molar-refractivity contribution is -0.118. The predicted molar refractivity (Wildman–Crippen MR) is 97.6 cm³/mol. The quantitative estimate of drug-likeness (QED) is 0.900. The van der Waals surface area contributed by atoms with Gasteiger partial charge in [-0.1, -0.05) is 18.2 Å². The minimum absolute atomic E-state index is 0.0656. The van der Waals surface area contributed by atoms with Gasteiger partial charge in [0.05, 0.1) is 0 Å². The van der Waals surface area contributed by atoms with Gasteiger partial charge in [-0.2, -0.15) is 0 Å². The average molecular weight is 340 g/mol. The minimum Gasteiger partial charge on any atom is -0.396 e. The molecule has 2 saturated heterocycles. The van der Waals surface area contributed by atoms with Gasteiger partial charge in [0.1, 0.15) is 0 Å². The van der Waals surface area contributed by atoms with Gasteiger partial charge in [-0.05, 0) is 68.7 Å². The second-order valence-electron chi connectivity index (χ2n) is 8.63. The lowest BCUT2D eigenvalue weighted by Gasteiger charge is -2.58. The van der Waals surface area contributed by atoms with E-state index in [0.29, 0.717) is 12.1 Å². The van der Waals surface area contributed by atoms with E-state index in [9.17, 15) is 9.90 Å². The van der Waals surface area contributed by atoms with Gasteiger partial charge in [0, 0.05) is 36.7 Å². The van der Waals surface area contributed by atoms with E-state index in [0.717, 1.165) is 37.9 Å². The van der Waals surface area contributed by atoms with E-state index in [2.05, 4.69) is 34.1 Å². The molecule has 1 saturated carbocycles. The SMILES string of the molecule is CC(=O)N1c2ccccc2[C@]23CCN4CCC[C@](CCO)(CCC12)[C@@H]43. The first kappa shape index (κ1) is 15.8. The number of piperidine rings is 1. The topological polar surface area (TPSA) is 43.8 Å². The second kappa shape index (κ2) is 5.31. The molecule has 25 heavy (non-hydrogen) atoms. The molecule has 1 aliphatic carbocycles. The highest BCUT2D eigenvalue weighted by molar-refractivity contribution is 5.96. The summed E-state index contributed by atoms with van der Waals surface area (Å²) in [6.07, 6.45) is 6.74. The van der Waals surface area contributed by atoms with Gasteiger partial charge in [-0.25, -0.2) is 0 Å². The molecule has 1 aromatic rings. The molecule has 4 aliphatic rings. The molecular formula is C21H28N2O2. The molecule has 0 bridgehead atoms. The highest BCUT2D eigenvalue weighted by atomic mass is 16.3. The molecule has 3 fully saturated rings. The lowest BCUT2D eigenvalue weighted by Crippen LogP contribution is -2.65. The fraction of sp³-hybridized carbons (Fsp3) is 0.667. The van der Waals surface area contributed by atoms with Crippen LogP contribution >= 0.6 is 0 Å². The lowest BCUT2D eigenvalue weighted by atomic mass is 9.52. The summed E-state index contributed by atoms with van der Waals surface area (Å²) in [5.74, 6) is 0.179. The van der Waals surface area contributed by atoms with Crippen molar-refractivity contribution in [1.82, 2.24) is 4.90 Å². The normalized spacial score (nSPS) is 39.0. The molecule has 3 aliphatic heterocycles. The first-order valence-corrected chi connectivity index (χ1v) is 9.88.